The Labute approximate surface area is 126 Å². The Morgan fingerprint density at radius 2 is 1.48 bits per heavy atom. The fourth-order valence-corrected chi connectivity index (χ4v) is 2.26. The average molecular weight is 282 g/mol. The second kappa shape index (κ2) is 6.93. The van der Waals surface area contributed by atoms with E-state index in [-0.39, 0.29) is 11.9 Å². The molecule has 2 aromatic rings. The van der Waals surface area contributed by atoms with E-state index in [1.54, 1.807) is 4.90 Å². The van der Waals surface area contributed by atoms with Gasteiger partial charge in [0.1, 0.15) is 0 Å². The molecule has 0 bridgehead atoms. The Bertz CT molecular complexity index is 568. The summed E-state index contributed by atoms with van der Waals surface area (Å²) in [4.78, 5) is 16.2. The molecule has 0 spiro atoms. The number of likely N-dealkylation sites (N-methyl/N-ethyl adjacent to an activating group) is 2. The lowest BCUT2D eigenvalue weighted by molar-refractivity contribution is -0.130. The lowest BCUT2D eigenvalue weighted by atomic mass is 10.1. The zero-order valence-electron chi connectivity index (χ0n) is 12.9. The summed E-state index contributed by atoms with van der Waals surface area (Å²) in [5.41, 5.74) is 2.20. The number of para-hydroxylation sites is 1. The summed E-state index contributed by atoms with van der Waals surface area (Å²) in [5, 5.41) is 0. The first kappa shape index (κ1) is 15.1. The predicted octanol–water partition coefficient (Wildman–Crippen LogP) is 3.34. The van der Waals surface area contributed by atoms with Gasteiger partial charge in [0.2, 0.25) is 5.91 Å². The van der Waals surface area contributed by atoms with E-state index in [1.807, 2.05) is 67.5 Å². The lowest BCUT2D eigenvalue weighted by Gasteiger charge is -2.28. The maximum atomic E-state index is 12.4. The van der Waals surface area contributed by atoms with E-state index in [2.05, 4.69) is 19.1 Å². The summed E-state index contributed by atoms with van der Waals surface area (Å²) in [5.74, 6) is 0.109. The molecule has 0 aliphatic carbocycles. The highest BCUT2D eigenvalue weighted by atomic mass is 16.2. The average Bonchev–Trinajstić information content (AvgIpc) is 2.55. The molecule has 1 unspecified atom stereocenters. The summed E-state index contributed by atoms with van der Waals surface area (Å²) >= 11 is 0. The van der Waals surface area contributed by atoms with Crippen molar-refractivity contribution in [1.82, 2.24) is 4.90 Å². The van der Waals surface area contributed by atoms with E-state index in [0.717, 1.165) is 11.3 Å². The van der Waals surface area contributed by atoms with E-state index in [9.17, 15) is 4.79 Å². The van der Waals surface area contributed by atoms with Gasteiger partial charge < -0.3 is 9.80 Å². The van der Waals surface area contributed by atoms with Crippen LogP contribution in [0.4, 0.5) is 5.69 Å². The van der Waals surface area contributed by atoms with Gasteiger partial charge in [-0.2, -0.15) is 0 Å². The van der Waals surface area contributed by atoms with Crippen LogP contribution in [0, 0.1) is 0 Å². The van der Waals surface area contributed by atoms with Gasteiger partial charge in [0.25, 0.3) is 0 Å². The predicted molar refractivity (Wildman–Crippen MR) is 87.3 cm³/mol. The number of anilines is 1. The molecule has 110 valence electrons. The molecule has 1 atom stereocenters. The van der Waals surface area contributed by atoms with Crippen LogP contribution in [0.25, 0.3) is 0 Å². The van der Waals surface area contributed by atoms with Crippen molar-refractivity contribution in [3.05, 3.63) is 66.2 Å². The quantitative estimate of drug-likeness (QED) is 0.839. The van der Waals surface area contributed by atoms with Crippen molar-refractivity contribution >= 4 is 11.6 Å². The molecule has 0 aliphatic heterocycles. The third kappa shape index (κ3) is 3.85. The van der Waals surface area contributed by atoms with Gasteiger partial charge in [-0.3, -0.25) is 4.79 Å². The van der Waals surface area contributed by atoms with Gasteiger partial charge in [0.15, 0.2) is 0 Å². The normalized spacial score (nSPS) is 11.8. The van der Waals surface area contributed by atoms with Gasteiger partial charge in [-0.15, -0.1) is 0 Å². The fourth-order valence-electron chi connectivity index (χ4n) is 2.26. The van der Waals surface area contributed by atoms with Crippen LogP contribution < -0.4 is 4.90 Å². The van der Waals surface area contributed by atoms with Gasteiger partial charge in [-0.05, 0) is 24.6 Å². The van der Waals surface area contributed by atoms with E-state index < -0.39 is 0 Å². The number of benzene rings is 2. The van der Waals surface area contributed by atoms with E-state index >= 15 is 0 Å². The van der Waals surface area contributed by atoms with Crippen LogP contribution in [0.5, 0.6) is 0 Å². The molecule has 0 radical (unpaired) electrons. The van der Waals surface area contributed by atoms with Crippen molar-refractivity contribution in [3.63, 3.8) is 0 Å². The number of amides is 1. The third-order valence-electron chi connectivity index (χ3n) is 3.83. The smallest absolute Gasteiger partial charge is 0.242 e. The van der Waals surface area contributed by atoms with Gasteiger partial charge in [-0.1, -0.05) is 48.5 Å². The molecule has 21 heavy (non-hydrogen) atoms. The molecule has 3 nitrogen and oxygen atoms in total. The monoisotopic (exact) mass is 282 g/mol. The van der Waals surface area contributed by atoms with E-state index in [0.29, 0.717) is 6.54 Å². The highest BCUT2D eigenvalue weighted by Crippen LogP contribution is 2.19. The Kier molecular flexibility index (Phi) is 4.99. The molecule has 0 aliphatic rings. The zero-order chi connectivity index (χ0) is 15.2. The molecule has 2 aromatic carbocycles. The molecule has 2 rings (SSSR count). The number of carbonyl (C=O) groups is 1. The molecule has 0 saturated heterocycles. The number of nitrogens with zero attached hydrogens (tertiary/aromatic N) is 2. The SMILES string of the molecule is CC(c1ccccc1)N(C)C(=O)CN(C)c1ccccc1. The number of rotatable bonds is 5. The standard InChI is InChI=1S/C18H22N2O/c1-15(16-10-6-4-7-11-16)20(3)18(21)14-19(2)17-12-8-5-9-13-17/h4-13,15H,14H2,1-3H3. The molecule has 1 amide bonds. The zero-order valence-corrected chi connectivity index (χ0v) is 12.9. The minimum absolute atomic E-state index is 0.0721. The van der Waals surface area contributed by atoms with Crippen molar-refractivity contribution < 1.29 is 4.79 Å². The molecular formula is C18H22N2O. The molecule has 0 fully saturated rings. The van der Waals surface area contributed by atoms with Gasteiger partial charge in [-0.25, -0.2) is 0 Å². The summed E-state index contributed by atoms with van der Waals surface area (Å²) in [6.45, 7) is 2.42. The highest BCUT2D eigenvalue weighted by Gasteiger charge is 2.18. The van der Waals surface area contributed by atoms with Crippen molar-refractivity contribution in [2.75, 3.05) is 25.5 Å². The summed E-state index contributed by atoms with van der Waals surface area (Å²) in [7, 11) is 3.80. The van der Waals surface area contributed by atoms with Crippen molar-refractivity contribution in [2.24, 2.45) is 0 Å². The summed E-state index contributed by atoms with van der Waals surface area (Å²) in [6.07, 6.45) is 0. The summed E-state index contributed by atoms with van der Waals surface area (Å²) in [6, 6.07) is 20.1. The second-order valence-corrected chi connectivity index (χ2v) is 5.28. The minimum atomic E-state index is 0.0721. The Morgan fingerprint density at radius 1 is 0.952 bits per heavy atom. The number of hydrogen-bond donors (Lipinski definition) is 0. The largest absolute Gasteiger partial charge is 0.365 e. The molecule has 0 N–H and O–H groups in total. The van der Waals surface area contributed by atoms with Gasteiger partial charge >= 0.3 is 0 Å². The molecular weight excluding hydrogens is 260 g/mol. The van der Waals surface area contributed by atoms with Gasteiger partial charge in [0, 0.05) is 19.8 Å². The maximum absolute atomic E-state index is 12.4. The number of hydrogen-bond acceptors (Lipinski definition) is 2. The Morgan fingerprint density at radius 3 is 2.05 bits per heavy atom. The maximum Gasteiger partial charge on any atom is 0.242 e. The lowest BCUT2D eigenvalue weighted by Crippen LogP contribution is -2.38. The van der Waals surface area contributed by atoms with Crippen LogP contribution in [0.15, 0.2) is 60.7 Å². The van der Waals surface area contributed by atoms with Crippen LogP contribution in [-0.4, -0.2) is 31.4 Å². The first-order valence-corrected chi connectivity index (χ1v) is 7.16. The Hall–Kier alpha value is -2.29. The van der Waals surface area contributed by atoms with Crippen LogP contribution >= 0.6 is 0 Å². The molecule has 3 heteroatoms. The number of carbonyl (C=O) groups excluding carboxylic acids is 1. The van der Waals surface area contributed by atoms with E-state index in [4.69, 9.17) is 0 Å². The fraction of sp³-hybridized carbons (Fsp3) is 0.278. The van der Waals surface area contributed by atoms with Crippen molar-refractivity contribution in [3.8, 4) is 0 Å². The molecule has 0 saturated carbocycles. The third-order valence-corrected chi connectivity index (χ3v) is 3.83. The second-order valence-electron chi connectivity index (χ2n) is 5.28. The van der Waals surface area contributed by atoms with Crippen LogP contribution in [0.2, 0.25) is 0 Å². The minimum Gasteiger partial charge on any atom is -0.365 e. The van der Waals surface area contributed by atoms with Crippen molar-refractivity contribution in [2.45, 2.75) is 13.0 Å². The topological polar surface area (TPSA) is 23.6 Å². The first-order chi connectivity index (χ1) is 10.1. The van der Waals surface area contributed by atoms with Crippen LogP contribution in [0.1, 0.15) is 18.5 Å². The molecule has 0 aromatic heterocycles. The van der Waals surface area contributed by atoms with Crippen LogP contribution in [-0.2, 0) is 4.79 Å². The molecule has 0 heterocycles. The van der Waals surface area contributed by atoms with Crippen LogP contribution in [0.3, 0.4) is 0 Å². The van der Waals surface area contributed by atoms with E-state index in [1.165, 1.54) is 0 Å². The highest BCUT2D eigenvalue weighted by molar-refractivity contribution is 5.81. The Balaban J connectivity index is 2.00. The van der Waals surface area contributed by atoms with Gasteiger partial charge in [0.05, 0.1) is 12.6 Å². The van der Waals surface area contributed by atoms with Crippen molar-refractivity contribution in [1.29, 1.82) is 0 Å². The first-order valence-electron chi connectivity index (χ1n) is 7.16. The summed E-state index contributed by atoms with van der Waals surface area (Å²) < 4.78 is 0.